The molecule has 6 nitrogen and oxygen atoms in total. The summed E-state index contributed by atoms with van der Waals surface area (Å²) in [5, 5.41) is 2.61. The Morgan fingerprint density at radius 2 is 1.76 bits per heavy atom. The van der Waals surface area contributed by atoms with Crippen LogP contribution >= 0.6 is 0 Å². The van der Waals surface area contributed by atoms with Crippen LogP contribution in [0.25, 0.3) is 11.1 Å². The molecule has 21 heavy (non-hydrogen) atoms. The maximum absolute atomic E-state index is 11.4. The van der Waals surface area contributed by atoms with Crippen LogP contribution in [0.1, 0.15) is 6.92 Å². The Kier molecular flexibility index (Phi) is 3.97. The Hall–Kier alpha value is -2.38. The fraction of sp³-hybridized carbons (Fsp3) is 0.0714. The molecule has 7 heteroatoms. The SMILES string of the molecule is CC(=O)Nc1ccc(-c2ccc(N)cc2S(=O)(=O)O)cc1. The van der Waals surface area contributed by atoms with E-state index >= 15 is 0 Å². The predicted molar refractivity (Wildman–Crippen MR) is 80.4 cm³/mol. The molecule has 4 N–H and O–H groups in total. The summed E-state index contributed by atoms with van der Waals surface area (Å²) in [6, 6.07) is 10.8. The van der Waals surface area contributed by atoms with Gasteiger partial charge >= 0.3 is 0 Å². The molecule has 0 saturated carbocycles. The van der Waals surface area contributed by atoms with Gasteiger partial charge in [0.25, 0.3) is 10.1 Å². The minimum absolute atomic E-state index is 0.200. The molecule has 2 aromatic carbocycles. The molecule has 0 bridgehead atoms. The van der Waals surface area contributed by atoms with Gasteiger partial charge in [-0.15, -0.1) is 0 Å². The number of carbonyl (C=O) groups is 1. The molecule has 0 heterocycles. The van der Waals surface area contributed by atoms with Gasteiger partial charge in [-0.05, 0) is 29.8 Å². The first kappa shape index (κ1) is 15.0. The third-order valence-electron chi connectivity index (χ3n) is 2.80. The summed E-state index contributed by atoms with van der Waals surface area (Å²) in [5.74, 6) is -0.200. The Morgan fingerprint density at radius 1 is 1.14 bits per heavy atom. The fourth-order valence-electron chi connectivity index (χ4n) is 1.93. The van der Waals surface area contributed by atoms with Gasteiger partial charge in [-0.1, -0.05) is 18.2 Å². The first-order valence-corrected chi connectivity index (χ1v) is 7.46. The number of amides is 1. The summed E-state index contributed by atoms with van der Waals surface area (Å²) >= 11 is 0. The van der Waals surface area contributed by atoms with Gasteiger partial charge in [-0.2, -0.15) is 8.42 Å². The molecule has 0 atom stereocenters. The summed E-state index contributed by atoms with van der Waals surface area (Å²) in [6.45, 7) is 1.39. The van der Waals surface area contributed by atoms with Gasteiger partial charge < -0.3 is 11.1 Å². The highest BCUT2D eigenvalue weighted by atomic mass is 32.2. The summed E-state index contributed by atoms with van der Waals surface area (Å²) in [6.07, 6.45) is 0. The zero-order chi connectivity index (χ0) is 15.6. The third-order valence-corrected chi connectivity index (χ3v) is 3.69. The molecule has 1 amide bonds. The van der Waals surface area contributed by atoms with Crippen LogP contribution in [-0.4, -0.2) is 18.9 Å². The normalized spacial score (nSPS) is 11.1. The van der Waals surface area contributed by atoms with Crippen molar-refractivity contribution in [3.63, 3.8) is 0 Å². The van der Waals surface area contributed by atoms with Crippen molar-refractivity contribution in [3.8, 4) is 11.1 Å². The molecule has 0 saturated heterocycles. The molecule has 0 aliphatic heterocycles. The van der Waals surface area contributed by atoms with Gasteiger partial charge in [0.1, 0.15) is 4.90 Å². The molecule has 0 radical (unpaired) electrons. The Labute approximate surface area is 122 Å². The largest absolute Gasteiger partial charge is 0.399 e. The van der Waals surface area contributed by atoms with Crippen molar-refractivity contribution in [2.75, 3.05) is 11.1 Å². The number of anilines is 2. The standard InChI is InChI=1S/C14H14N2O4S/c1-9(17)16-12-5-2-10(3-6-12)13-7-4-11(15)8-14(13)21(18,19)20/h2-8H,15H2,1H3,(H,16,17)(H,18,19,20). The highest BCUT2D eigenvalue weighted by Crippen LogP contribution is 2.29. The van der Waals surface area contributed by atoms with E-state index in [1.165, 1.54) is 19.1 Å². The Balaban J connectivity index is 2.50. The van der Waals surface area contributed by atoms with Gasteiger partial charge in [0, 0.05) is 23.9 Å². The molecule has 0 aliphatic rings. The van der Waals surface area contributed by atoms with Crippen LogP contribution in [0.4, 0.5) is 11.4 Å². The number of nitrogens with one attached hydrogen (secondary N) is 1. The fourth-order valence-corrected chi connectivity index (χ4v) is 2.68. The zero-order valence-corrected chi connectivity index (χ0v) is 12.0. The van der Waals surface area contributed by atoms with E-state index in [1.54, 1.807) is 30.3 Å². The summed E-state index contributed by atoms with van der Waals surface area (Å²) < 4.78 is 32.2. The number of hydrogen-bond donors (Lipinski definition) is 3. The van der Waals surface area contributed by atoms with Crippen LogP contribution in [0, 0.1) is 0 Å². The second-order valence-corrected chi connectivity index (χ2v) is 5.88. The molecule has 0 aliphatic carbocycles. The van der Waals surface area contributed by atoms with E-state index in [1.807, 2.05) is 0 Å². The summed E-state index contributed by atoms with van der Waals surface area (Å²) in [7, 11) is -4.38. The van der Waals surface area contributed by atoms with Crippen LogP contribution in [-0.2, 0) is 14.9 Å². The third kappa shape index (κ3) is 3.59. The molecule has 0 fully saturated rings. The monoisotopic (exact) mass is 306 g/mol. The van der Waals surface area contributed by atoms with Crippen LogP contribution in [0.5, 0.6) is 0 Å². The minimum atomic E-state index is -4.38. The first-order valence-electron chi connectivity index (χ1n) is 6.02. The van der Waals surface area contributed by atoms with Crippen molar-refractivity contribution < 1.29 is 17.8 Å². The van der Waals surface area contributed by atoms with Crippen molar-refractivity contribution in [1.82, 2.24) is 0 Å². The average molecular weight is 306 g/mol. The molecule has 2 rings (SSSR count). The quantitative estimate of drug-likeness (QED) is 0.594. The Morgan fingerprint density at radius 3 is 2.29 bits per heavy atom. The Bertz CT molecular complexity index is 783. The van der Waals surface area contributed by atoms with E-state index in [0.29, 0.717) is 16.8 Å². The van der Waals surface area contributed by atoms with E-state index in [4.69, 9.17) is 5.73 Å². The van der Waals surface area contributed by atoms with Crippen LogP contribution in [0.3, 0.4) is 0 Å². The van der Waals surface area contributed by atoms with Gasteiger partial charge in [0.05, 0.1) is 0 Å². The number of benzene rings is 2. The minimum Gasteiger partial charge on any atom is -0.399 e. The smallest absolute Gasteiger partial charge is 0.295 e. The van der Waals surface area contributed by atoms with Gasteiger partial charge in [0.2, 0.25) is 5.91 Å². The summed E-state index contributed by atoms with van der Waals surface area (Å²) in [4.78, 5) is 10.7. The number of hydrogen-bond acceptors (Lipinski definition) is 4. The highest BCUT2D eigenvalue weighted by Gasteiger charge is 2.17. The van der Waals surface area contributed by atoms with E-state index in [2.05, 4.69) is 5.32 Å². The van der Waals surface area contributed by atoms with Crippen molar-refractivity contribution in [2.24, 2.45) is 0 Å². The van der Waals surface area contributed by atoms with Crippen molar-refractivity contribution in [2.45, 2.75) is 11.8 Å². The molecule has 2 aromatic rings. The highest BCUT2D eigenvalue weighted by molar-refractivity contribution is 7.86. The topological polar surface area (TPSA) is 109 Å². The first-order chi connectivity index (χ1) is 9.77. The maximum Gasteiger partial charge on any atom is 0.295 e. The second-order valence-electron chi connectivity index (χ2n) is 4.49. The van der Waals surface area contributed by atoms with E-state index in [0.717, 1.165) is 0 Å². The average Bonchev–Trinajstić information content (AvgIpc) is 2.38. The lowest BCUT2D eigenvalue weighted by atomic mass is 10.0. The second kappa shape index (κ2) is 5.55. The van der Waals surface area contributed by atoms with E-state index in [-0.39, 0.29) is 16.5 Å². The van der Waals surface area contributed by atoms with Crippen LogP contribution in [0.15, 0.2) is 47.4 Å². The molecule has 0 unspecified atom stereocenters. The predicted octanol–water partition coefficient (Wildman–Crippen LogP) is 2.14. The lowest BCUT2D eigenvalue weighted by Crippen LogP contribution is -2.05. The summed E-state index contributed by atoms with van der Waals surface area (Å²) in [5.41, 5.74) is 7.30. The van der Waals surface area contributed by atoms with Crippen molar-refractivity contribution in [3.05, 3.63) is 42.5 Å². The lowest BCUT2D eigenvalue weighted by molar-refractivity contribution is -0.114. The zero-order valence-electron chi connectivity index (χ0n) is 11.2. The van der Waals surface area contributed by atoms with Gasteiger partial charge in [0.15, 0.2) is 0 Å². The maximum atomic E-state index is 11.4. The molecule has 0 spiro atoms. The number of nitrogen functional groups attached to an aromatic ring is 1. The van der Waals surface area contributed by atoms with Gasteiger partial charge in [-0.3, -0.25) is 9.35 Å². The van der Waals surface area contributed by atoms with Crippen LogP contribution < -0.4 is 11.1 Å². The van der Waals surface area contributed by atoms with E-state index in [9.17, 15) is 17.8 Å². The molecular weight excluding hydrogens is 292 g/mol. The van der Waals surface area contributed by atoms with E-state index < -0.39 is 10.1 Å². The number of carbonyl (C=O) groups excluding carboxylic acids is 1. The number of rotatable bonds is 3. The van der Waals surface area contributed by atoms with Crippen molar-refractivity contribution in [1.29, 1.82) is 0 Å². The number of nitrogens with two attached hydrogens (primary N) is 1. The molecular formula is C14H14N2O4S. The van der Waals surface area contributed by atoms with Crippen LogP contribution in [0.2, 0.25) is 0 Å². The molecule has 0 aromatic heterocycles. The van der Waals surface area contributed by atoms with Gasteiger partial charge in [-0.25, -0.2) is 0 Å². The lowest BCUT2D eigenvalue weighted by Gasteiger charge is -2.09. The molecule has 110 valence electrons. The van der Waals surface area contributed by atoms with Crippen molar-refractivity contribution >= 4 is 27.4 Å².